The molecule has 0 aliphatic carbocycles. The first-order valence-corrected chi connectivity index (χ1v) is 10.8. The first kappa shape index (κ1) is 20.7. The molecule has 6 aromatic rings. The minimum absolute atomic E-state index is 0.231. The first-order chi connectivity index (χ1) is 17.1. The van der Waals surface area contributed by atoms with Crippen LogP contribution >= 0.6 is 0 Å². The van der Waals surface area contributed by atoms with Crippen LogP contribution in [0.4, 0.5) is 10.1 Å². The maximum absolute atomic E-state index is 13.4. The Morgan fingerprint density at radius 3 is 2.66 bits per heavy atom. The predicted octanol–water partition coefficient (Wildman–Crippen LogP) is 5.32. The number of hydrogen-bond acceptors (Lipinski definition) is 6. The number of para-hydroxylation sites is 2. The van der Waals surface area contributed by atoms with Gasteiger partial charge in [0.15, 0.2) is 0 Å². The molecule has 8 nitrogen and oxygen atoms in total. The summed E-state index contributed by atoms with van der Waals surface area (Å²) in [5, 5.41) is 7.36. The second kappa shape index (κ2) is 8.14. The van der Waals surface area contributed by atoms with E-state index in [1.165, 1.54) is 12.1 Å². The van der Waals surface area contributed by atoms with Gasteiger partial charge in [0.05, 0.1) is 45.3 Å². The Morgan fingerprint density at radius 2 is 1.86 bits per heavy atom. The van der Waals surface area contributed by atoms with Crippen molar-refractivity contribution in [1.29, 1.82) is 0 Å². The van der Waals surface area contributed by atoms with Crippen LogP contribution in [0.1, 0.15) is 16.1 Å². The van der Waals surface area contributed by atoms with E-state index in [4.69, 9.17) is 4.52 Å². The Labute approximate surface area is 198 Å². The van der Waals surface area contributed by atoms with Crippen molar-refractivity contribution in [2.24, 2.45) is 0 Å². The summed E-state index contributed by atoms with van der Waals surface area (Å²) < 4.78 is 20.6. The van der Waals surface area contributed by atoms with Gasteiger partial charge < -0.3 is 9.84 Å². The normalized spacial score (nSPS) is 11.3. The lowest BCUT2D eigenvalue weighted by atomic mass is 10.0. The van der Waals surface area contributed by atoms with E-state index in [9.17, 15) is 9.18 Å². The summed E-state index contributed by atoms with van der Waals surface area (Å²) in [5.41, 5.74) is 4.57. The zero-order valence-electron chi connectivity index (χ0n) is 18.4. The Bertz CT molecular complexity index is 1700. The standard InChI is InChI=1S/C26H17FN6O2/c1-15-24-19(12-21(31-26(24)35-32-15)16-6-8-17(27)9-7-16)25(34)30-18-10-11-23(28-13-18)33-14-29-20-4-2-3-5-22(20)33/h2-14H,1H3,(H,30,34). The fourth-order valence-electron chi connectivity index (χ4n) is 3.99. The third-order valence-electron chi connectivity index (χ3n) is 5.71. The Morgan fingerprint density at radius 1 is 1.03 bits per heavy atom. The number of nitrogens with one attached hydrogen (secondary N) is 1. The zero-order valence-corrected chi connectivity index (χ0v) is 18.4. The number of anilines is 1. The van der Waals surface area contributed by atoms with Gasteiger partial charge in [0, 0.05) is 5.56 Å². The Kier molecular flexibility index (Phi) is 4.81. The summed E-state index contributed by atoms with van der Waals surface area (Å²) in [6.07, 6.45) is 3.30. The average Bonchev–Trinajstić information content (AvgIpc) is 3.48. The van der Waals surface area contributed by atoms with Gasteiger partial charge in [-0.25, -0.2) is 19.3 Å². The molecule has 0 unspecified atom stereocenters. The number of fused-ring (bicyclic) bond motifs is 2. The van der Waals surface area contributed by atoms with Crippen LogP contribution < -0.4 is 5.32 Å². The number of hydrogen-bond donors (Lipinski definition) is 1. The minimum Gasteiger partial charge on any atom is -0.335 e. The van der Waals surface area contributed by atoms with E-state index in [-0.39, 0.29) is 17.4 Å². The maximum atomic E-state index is 13.4. The number of aryl methyl sites for hydroxylation is 1. The highest BCUT2D eigenvalue weighted by atomic mass is 19.1. The van der Waals surface area contributed by atoms with Crippen LogP contribution in [-0.2, 0) is 0 Å². The average molecular weight is 464 g/mol. The summed E-state index contributed by atoms with van der Waals surface area (Å²) in [7, 11) is 0. The van der Waals surface area contributed by atoms with Gasteiger partial charge in [0.1, 0.15) is 18.0 Å². The number of nitrogens with zero attached hydrogens (tertiary/aromatic N) is 5. The number of imidazole rings is 1. The molecule has 170 valence electrons. The largest absolute Gasteiger partial charge is 0.335 e. The molecule has 0 aliphatic rings. The van der Waals surface area contributed by atoms with Gasteiger partial charge in [0.2, 0.25) is 0 Å². The van der Waals surface area contributed by atoms with Gasteiger partial charge in [-0.05, 0) is 61.5 Å². The predicted molar refractivity (Wildman–Crippen MR) is 129 cm³/mol. The summed E-state index contributed by atoms with van der Waals surface area (Å²) in [5.74, 6) is -0.0471. The van der Waals surface area contributed by atoms with Crippen molar-refractivity contribution in [2.75, 3.05) is 5.32 Å². The summed E-state index contributed by atoms with van der Waals surface area (Å²) in [6, 6.07) is 18.9. The number of benzene rings is 2. The van der Waals surface area contributed by atoms with Gasteiger partial charge in [-0.3, -0.25) is 9.36 Å². The SMILES string of the molecule is Cc1noc2nc(-c3ccc(F)cc3)cc(C(=O)Nc3ccc(-n4cnc5ccccc54)nc3)c12. The van der Waals surface area contributed by atoms with Crippen molar-refractivity contribution >= 4 is 33.7 Å². The second-order valence-electron chi connectivity index (χ2n) is 7.97. The van der Waals surface area contributed by atoms with Crippen LogP contribution in [0.25, 0.3) is 39.2 Å². The molecule has 0 saturated carbocycles. The molecule has 4 heterocycles. The Hall–Kier alpha value is -4.92. The van der Waals surface area contributed by atoms with Gasteiger partial charge in [0.25, 0.3) is 11.6 Å². The maximum Gasteiger partial charge on any atom is 0.259 e. The molecule has 0 bridgehead atoms. The zero-order chi connectivity index (χ0) is 23.9. The molecule has 1 amide bonds. The fourth-order valence-corrected chi connectivity index (χ4v) is 3.99. The van der Waals surface area contributed by atoms with Crippen molar-refractivity contribution in [2.45, 2.75) is 6.92 Å². The highest BCUT2D eigenvalue weighted by Crippen LogP contribution is 2.28. The van der Waals surface area contributed by atoms with Crippen molar-refractivity contribution in [3.63, 3.8) is 0 Å². The van der Waals surface area contributed by atoms with E-state index in [0.29, 0.717) is 39.4 Å². The molecular formula is C26H17FN6O2. The van der Waals surface area contributed by atoms with Gasteiger partial charge in [-0.15, -0.1) is 0 Å². The highest BCUT2D eigenvalue weighted by molar-refractivity contribution is 6.13. The third kappa shape index (κ3) is 3.68. The molecule has 0 atom stereocenters. The van der Waals surface area contributed by atoms with Gasteiger partial charge in [-0.2, -0.15) is 0 Å². The minimum atomic E-state index is -0.366. The van der Waals surface area contributed by atoms with Gasteiger partial charge >= 0.3 is 0 Å². The van der Waals surface area contributed by atoms with Crippen LogP contribution in [0.2, 0.25) is 0 Å². The number of aromatic nitrogens is 5. The molecule has 35 heavy (non-hydrogen) atoms. The highest BCUT2D eigenvalue weighted by Gasteiger charge is 2.20. The molecular weight excluding hydrogens is 447 g/mol. The molecule has 0 radical (unpaired) electrons. The lowest BCUT2D eigenvalue weighted by molar-refractivity contribution is 0.102. The first-order valence-electron chi connectivity index (χ1n) is 10.8. The van der Waals surface area contributed by atoms with E-state index in [2.05, 4.69) is 25.4 Å². The molecule has 0 spiro atoms. The van der Waals surface area contributed by atoms with Crippen molar-refractivity contribution < 1.29 is 13.7 Å². The number of rotatable bonds is 4. The Balaban J connectivity index is 1.33. The molecule has 1 N–H and O–H groups in total. The number of halogens is 1. The summed E-state index contributed by atoms with van der Waals surface area (Å²) >= 11 is 0. The number of amides is 1. The molecule has 4 aromatic heterocycles. The lowest BCUT2D eigenvalue weighted by Crippen LogP contribution is -2.13. The van der Waals surface area contributed by atoms with Crippen LogP contribution in [-0.4, -0.2) is 30.6 Å². The third-order valence-corrected chi connectivity index (χ3v) is 5.71. The second-order valence-corrected chi connectivity index (χ2v) is 7.97. The fraction of sp³-hybridized carbons (Fsp3) is 0.0385. The summed E-state index contributed by atoms with van der Waals surface area (Å²) in [4.78, 5) is 26.6. The van der Waals surface area contributed by atoms with E-state index in [1.54, 1.807) is 49.8 Å². The van der Waals surface area contributed by atoms with Crippen LogP contribution in [0.15, 0.2) is 83.8 Å². The molecule has 2 aromatic carbocycles. The molecule has 0 saturated heterocycles. The van der Waals surface area contributed by atoms with E-state index in [1.807, 2.05) is 28.8 Å². The van der Waals surface area contributed by atoms with Crippen molar-refractivity contribution in [3.05, 3.63) is 96.3 Å². The van der Waals surface area contributed by atoms with E-state index in [0.717, 1.165) is 11.0 Å². The van der Waals surface area contributed by atoms with E-state index >= 15 is 0 Å². The molecule has 9 heteroatoms. The number of carbonyl (C=O) groups is 1. The monoisotopic (exact) mass is 464 g/mol. The topological polar surface area (TPSA) is 98.7 Å². The van der Waals surface area contributed by atoms with Crippen molar-refractivity contribution in [1.82, 2.24) is 24.7 Å². The van der Waals surface area contributed by atoms with Crippen LogP contribution in [0.5, 0.6) is 0 Å². The summed E-state index contributed by atoms with van der Waals surface area (Å²) in [6.45, 7) is 1.74. The lowest BCUT2D eigenvalue weighted by Gasteiger charge is -2.09. The van der Waals surface area contributed by atoms with Crippen LogP contribution in [0.3, 0.4) is 0 Å². The van der Waals surface area contributed by atoms with E-state index < -0.39 is 0 Å². The number of carbonyl (C=O) groups excluding carboxylic acids is 1. The van der Waals surface area contributed by atoms with Gasteiger partial charge in [-0.1, -0.05) is 17.3 Å². The van der Waals surface area contributed by atoms with Crippen molar-refractivity contribution in [3.8, 4) is 17.1 Å². The quantitative estimate of drug-likeness (QED) is 0.379. The van der Waals surface area contributed by atoms with Crippen LogP contribution in [0, 0.1) is 12.7 Å². The molecule has 0 aliphatic heterocycles. The molecule has 6 rings (SSSR count). The number of pyridine rings is 2. The smallest absolute Gasteiger partial charge is 0.259 e. The molecule has 0 fully saturated rings.